The fraction of sp³-hybridized carbons (Fsp3) is 0.471. The van der Waals surface area contributed by atoms with Gasteiger partial charge in [0.25, 0.3) is 0 Å². The van der Waals surface area contributed by atoms with E-state index < -0.39 is 0 Å². The number of benzene rings is 1. The molecule has 1 amide bonds. The van der Waals surface area contributed by atoms with Crippen LogP contribution in [0.1, 0.15) is 19.4 Å². The second-order valence-corrected chi connectivity index (χ2v) is 7.96. The smallest absolute Gasteiger partial charge is 0.233 e. The second kappa shape index (κ2) is 7.53. The first-order valence-corrected chi connectivity index (χ1v) is 9.92. The minimum absolute atomic E-state index is 0.0112. The summed E-state index contributed by atoms with van der Waals surface area (Å²) < 4.78 is 1.22. The van der Waals surface area contributed by atoms with E-state index >= 15 is 0 Å². The molecule has 0 N–H and O–H groups in total. The van der Waals surface area contributed by atoms with Gasteiger partial charge < -0.3 is 9.80 Å². The van der Waals surface area contributed by atoms with Crippen LogP contribution in [0.2, 0.25) is 0 Å². The normalized spacial score (nSPS) is 15.1. The molecule has 1 fully saturated rings. The van der Waals surface area contributed by atoms with E-state index in [0.717, 1.165) is 41.9 Å². The third-order valence-corrected chi connectivity index (χ3v) is 6.03. The van der Waals surface area contributed by atoms with Crippen LogP contribution in [0.15, 0.2) is 18.2 Å². The summed E-state index contributed by atoms with van der Waals surface area (Å²) in [5.41, 5.74) is 2.37. The highest BCUT2D eigenvalue weighted by Crippen LogP contribution is 2.30. The van der Waals surface area contributed by atoms with Crippen LogP contribution in [0.5, 0.6) is 0 Å². The molecule has 1 aliphatic heterocycles. The molecule has 0 spiro atoms. The number of fused-ring (bicyclic) bond motifs is 1. The zero-order valence-electron chi connectivity index (χ0n) is 13.9. The highest BCUT2D eigenvalue weighted by Gasteiger charge is 2.23. The van der Waals surface area contributed by atoms with Crippen LogP contribution in [0.3, 0.4) is 0 Å². The molecule has 1 aromatic carbocycles. The molecule has 0 unspecified atom stereocenters. The molecule has 24 heavy (non-hydrogen) atoms. The van der Waals surface area contributed by atoms with Gasteiger partial charge in [0.05, 0.1) is 16.0 Å². The van der Waals surface area contributed by atoms with E-state index in [4.69, 9.17) is 4.98 Å². The van der Waals surface area contributed by atoms with Crippen molar-refractivity contribution in [3.05, 3.63) is 23.8 Å². The third kappa shape index (κ3) is 3.89. The van der Waals surface area contributed by atoms with Gasteiger partial charge in [-0.3, -0.25) is 9.59 Å². The molecule has 0 aliphatic carbocycles. The highest BCUT2D eigenvalue weighted by atomic mass is 32.2. The molecule has 128 valence electrons. The summed E-state index contributed by atoms with van der Waals surface area (Å²) in [5.74, 6) is 0.294. The summed E-state index contributed by atoms with van der Waals surface area (Å²) in [4.78, 5) is 31.9. The summed E-state index contributed by atoms with van der Waals surface area (Å²) in [6, 6.07) is 6.44. The molecule has 0 saturated carbocycles. The lowest BCUT2D eigenvalue weighted by Gasteiger charge is -2.34. The van der Waals surface area contributed by atoms with Gasteiger partial charge in [0.15, 0.2) is 10.2 Å². The standard InChI is InChI=1S/C17H21N3O2S2/c1-3-13-4-5-14-15(10-13)24-17(18-14)20-8-6-19(7-9-20)16(22)11-23-12(2)21/h4-5,10H,3,6-9,11H2,1-2H3. The zero-order valence-corrected chi connectivity index (χ0v) is 15.6. The van der Waals surface area contributed by atoms with Crippen molar-refractivity contribution in [1.29, 1.82) is 0 Å². The van der Waals surface area contributed by atoms with Crippen molar-refractivity contribution in [2.75, 3.05) is 36.8 Å². The average molecular weight is 364 g/mol. The van der Waals surface area contributed by atoms with Crippen LogP contribution >= 0.6 is 23.1 Å². The maximum atomic E-state index is 12.1. The third-order valence-electron chi connectivity index (χ3n) is 4.15. The second-order valence-electron chi connectivity index (χ2n) is 5.80. The SMILES string of the molecule is CCc1ccc2nc(N3CCN(C(=O)CSC(C)=O)CC3)sc2c1. The van der Waals surface area contributed by atoms with Crippen molar-refractivity contribution in [2.24, 2.45) is 0 Å². The molecule has 2 heterocycles. The maximum absolute atomic E-state index is 12.1. The number of carbonyl (C=O) groups is 2. The van der Waals surface area contributed by atoms with Crippen molar-refractivity contribution in [3.8, 4) is 0 Å². The minimum atomic E-state index is -0.0112. The van der Waals surface area contributed by atoms with Crippen molar-refractivity contribution in [2.45, 2.75) is 20.3 Å². The Balaban J connectivity index is 1.62. The zero-order chi connectivity index (χ0) is 17.1. The maximum Gasteiger partial charge on any atom is 0.233 e. The fourth-order valence-corrected chi connectivity index (χ4v) is 4.30. The molecule has 5 nitrogen and oxygen atoms in total. The summed E-state index contributed by atoms with van der Waals surface area (Å²) in [5, 5.41) is 1.02. The Hall–Kier alpha value is -1.60. The van der Waals surface area contributed by atoms with Gasteiger partial charge in [-0.15, -0.1) is 0 Å². The van der Waals surface area contributed by atoms with Crippen LogP contribution in [0.4, 0.5) is 5.13 Å². The van der Waals surface area contributed by atoms with Crippen LogP contribution < -0.4 is 4.90 Å². The van der Waals surface area contributed by atoms with E-state index in [1.165, 1.54) is 17.2 Å². The lowest BCUT2D eigenvalue weighted by atomic mass is 10.2. The van der Waals surface area contributed by atoms with Crippen LogP contribution in [-0.2, 0) is 16.0 Å². The number of hydrogen-bond acceptors (Lipinski definition) is 6. The molecule has 0 atom stereocenters. The largest absolute Gasteiger partial charge is 0.345 e. The number of anilines is 1. The number of aromatic nitrogens is 1. The average Bonchev–Trinajstić information content (AvgIpc) is 3.02. The van der Waals surface area contributed by atoms with Crippen molar-refractivity contribution < 1.29 is 9.59 Å². The minimum Gasteiger partial charge on any atom is -0.345 e. The highest BCUT2D eigenvalue weighted by molar-refractivity contribution is 8.14. The number of thioether (sulfide) groups is 1. The molecular weight excluding hydrogens is 342 g/mol. The Kier molecular flexibility index (Phi) is 5.40. The molecule has 7 heteroatoms. The van der Waals surface area contributed by atoms with Gasteiger partial charge in [-0.1, -0.05) is 36.1 Å². The van der Waals surface area contributed by atoms with Gasteiger partial charge in [0.2, 0.25) is 5.91 Å². The fourth-order valence-electron chi connectivity index (χ4n) is 2.71. The first-order valence-electron chi connectivity index (χ1n) is 8.12. The lowest BCUT2D eigenvalue weighted by molar-refractivity contribution is -0.128. The Morgan fingerprint density at radius 3 is 2.67 bits per heavy atom. The number of rotatable bonds is 4. The van der Waals surface area contributed by atoms with E-state index in [1.54, 1.807) is 11.3 Å². The number of carbonyl (C=O) groups excluding carboxylic acids is 2. The molecule has 1 saturated heterocycles. The van der Waals surface area contributed by atoms with Crippen LogP contribution in [-0.4, -0.2) is 52.8 Å². The van der Waals surface area contributed by atoms with Gasteiger partial charge in [0.1, 0.15) is 0 Å². The molecule has 1 aromatic heterocycles. The van der Waals surface area contributed by atoms with Crippen LogP contribution in [0, 0.1) is 0 Å². The first-order chi connectivity index (χ1) is 11.6. The number of piperazine rings is 1. The van der Waals surface area contributed by atoms with E-state index in [9.17, 15) is 9.59 Å². The van der Waals surface area contributed by atoms with E-state index in [2.05, 4.69) is 30.0 Å². The number of thiazole rings is 1. The van der Waals surface area contributed by atoms with Gasteiger partial charge in [-0.25, -0.2) is 4.98 Å². The molecule has 0 bridgehead atoms. The predicted octanol–water partition coefficient (Wildman–Crippen LogP) is 2.79. The van der Waals surface area contributed by atoms with Crippen LogP contribution in [0.25, 0.3) is 10.2 Å². The Labute approximate surface area is 150 Å². The number of hydrogen-bond donors (Lipinski definition) is 0. The monoisotopic (exact) mass is 363 g/mol. The molecule has 2 aromatic rings. The van der Waals surface area contributed by atoms with Gasteiger partial charge in [-0.2, -0.15) is 0 Å². The molecule has 3 rings (SSSR count). The van der Waals surface area contributed by atoms with Crippen molar-refractivity contribution in [1.82, 2.24) is 9.88 Å². The number of nitrogens with zero attached hydrogens (tertiary/aromatic N) is 3. The number of aryl methyl sites for hydroxylation is 1. The topological polar surface area (TPSA) is 53.5 Å². The molecule has 0 radical (unpaired) electrons. The van der Waals surface area contributed by atoms with Gasteiger partial charge in [0, 0.05) is 33.1 Å². The first kappa shape index (κ1) is 17.2. The summed E-state index contributed by atoms with van der Waals surface area (Å²) in [6.07, 6.45) is 1.03. The molecule has 1 aliphatic rings. The summed E-state index contributed by atoms with van der Waals surface area (Å²) >= 11 is 2.80. The quantitative estimate of drug-likeness (QED) is 0.836. The van der Waals surface area contributed by atoms with E-state index in [-0.39, 0.29) is 16.8 Å². The summed E-state index contributed by atoms with van der Waals surface area (Å²) in [7, 11) is 0. The number of amides is 1. The lowest BCUT2D eigenvalue weighted by Crippen LogP contribution is -2.49. The Morgan fingerprint density at radius 2 is 2.00 bits per heavy atom. The molecular formula is C17H21N3O2S2. The summed E-state index contributed by atoms with van der Waals surface area (Å²) in [6.45, 7) is 6.60. The van der Waals surface area contributed by atoms with E-state index in [1.807, 2.05) is 4.90 Å². The Bertz CT molecular complexity index is 751. The van der Waals surface area contributed by atoms with Crippen molar-refractivity contribution >= 4 is 49.5 Å². The Morgan fingerprint density at radius 1 is 1.25 bits per heavy atom. The van der Waals surface area contributed by atoms with Gasteiger partial charge in [-0.05, 0) is 24.1 Å². The predicted molar refractivity (Wildman–Crippen MR) is 101 cm³/mol. The van der Waals surface area contributed by atoms with E-state index in [0.29, 0.717) is 13.1 Å². The van der Waals surface area contributed by atoms with Crippen molar-refractivity contribution in [3.63, 3.8) is 0 Å². The van der Waals surface area contributed by atoms with Gasteiger partial charge >= 0.3 is 0 Å².